The number of thioether (sulfide) groups is 1. The average molecular weight is 241 g/mol. The van der Waals surface area contributed by atoms with Gasteiger partial charge in [0.1, 0.15) is 0 Å². The third-order valence-corrected chi connectivity index (χ3v) is 3.32. The van der Waals surface area contributed by atoms with Crippen molar-refractivity contribution in [2.45, 2.75) is 46.3 Å². The van der Waals surface area contributed by atoms with Crippen molar-refractivity contribution in [1.82, 2.24) is 15.1 Å². The van der Waals surface area contributed by atoms with Gasteiger partial charge < -0.3 is 5.32 Å². The van der Waals surface area contributed by atoms with Gasteiger partial charge in [0.15, 0.2) is 0 Å². The first-order valence-corrected chi connectivity index (χ1v) is 7.32. The molecule has 1 unspecified atom stereocenters. The van der Waals surface area contributed by atoms with E-state index in [1.165, 1.54) is 17.9 Å². The fraction of sp³-hybridized carbons (Fsp3) is 0.750. The average Bonchev–Trinajstić information content (AvgIpc) is 2.64. The highest BCUT2D eigenvalue weighted by atomic mass is 32.2. The molecule has 1 aromatic heterocycles. The highest BCUT2D eigenvalue weighted by Crippen LogP contribution is 2.05. The Hall–Kier alpha value is -0.480. The molecule has 0 amide bonds. The molecular formula is C12H23N3S. The molecule has 0 spiro atoms. The number of aromatic nitrogens is 2. The van der Waals surface area contributed by atoms with Gasteiger partial charge in [-0.05, 0) is 45.3 Å². The highest BCUT2D eigenvalue weighted by Gasteiger charge is 2.06. The van der Waals surface area contributed by atoms with E-state index >= 15 is 0 Å². The molecule has 16 heavy (non-hydrogen) atoms. The second-order valence-corrected chi connectivity index (χ2v) is 5.14. The van der Waals surface area contributed by atoms with E-state index in [1.54, 1.807) is 0 Å². The Kier molecular flexibility index (Phi) is 5.91. The Labute approximate surface area is 103 Å². The number of nitrogens with zero attached hydrogens (tertiary/aromatic N) is 2. The van der Waals surface area contributed by atoms with Crippen LogP contribution < -0.4 is 5.32 Å². The Morgan fingerprint density at radius 3 is 2.94 bits per heavy atom. The van der Waals surface area contributed by atoms with Crippen molar-refractivity contribution < 1.29 is 0 Å². The molecule has 1 heterocycles. The van der Waals surface area contributed by atoms with Crippen molar-refractivity contribution in [1.29, 1.82) is 0 Å². The fourth-order valence-electron chi connectivity index (χ4n) is 1.69. The predicted molar refractivity (Wildman–Crippen MR) is 71.9 cm³/mol. The topological polar surface area (TPSA) is 29.9 Å². The zero-order valence-electron chi connectivity index (χ0n) is 10.8. The summed E-state index contributed by atoms with van der Waals surface area (Å²) in [5.74, 6) is 1.22. The maximum atomic E-state index is 4.44. The first-order chi connectivity index (χ1) is 7.67. The lowest BCUT2D eigenvalue weighted by Crippen LogP contribution is -2.27. The van der Waals surface area contributed by atoms with Crippen LogP contribution in [-0.2, 0) is 13.1 Å². The van der Waals surface area contributed by atoms with Crippen LogP contribution in [0.15, 0.2) is 6.07 Å². The molecule has 92 valence electrons. The molecule has 1 atom stereocenters. The lowest BCUT2D eigenvalue weighted by Gasteiger charge is -2.13. The molecule has 0 radical (unpaired) electrons. The van der Waals surface area contributed by atoms with Crippen LogP contribution in [0.5, 0.6) is 0 Å². The van der Waals surface area contributed by atoms with Crippen LogP contribution in [0, 0.1) is 6.92 Å². The normalized spacial score (nSPS) is 13.0. The molecule has 3 nitrogen and oxygen atoms in total. The third-order valence-electron chi connectivity index (χ3n) is 2.67. The summed E-state index contributed by atoms with van der Waals surface area (Å²) in [6, 6.07) is 2.74. The molecule has 0 saturated heterocycles. The summed E-state index contributed by atoms with van der Waals surface area (Å²) in [7, 11) is 0. The molecule has 0 saturated carbocycles. The second kappa shape index (κ2) is 6.97. The van der Waals surface area contributed by atoms with Gasteiger partial charge in [-0.25, -0.2) is 0 Å². The Balaban J connectivity index is 2.41. The van der Waals surface area contributed by atoms with E-state index in [2.05, 4.69) is 41.3 Å². The van der Waals surface area contributed by atoms with E-state index in [0.29, 0.717) is 6.04 Å². The van der Waals surface area contributed by atoms with Crippen molar-refractivity contribution in [2.75, 3.05) is 12.0 Å². The van der Waals surface area contributed by atoms with Crippen LogP contribution in [-0.4, -0.2) is 27.8 Å². The van der Waals surface area contributed by atoms with E-state index in [-0.39, 0.29) is 0 Å². The second-order valence-electron chi connectivity index (χ2n) is 4.16. The van der Waals surface area contributed by atoms with E-state index in [1.807, 2.05) is 18.7 Å². The minimum absolute atomic E-state index is 0.577. The molecule has 0 aromatic carbocycles. The Morgan fingerprint density at radius 1 is 1.56 bits per heavy atom. The van der Waals surface area contributed by atoms with Crippen molar-refractivity contribution in [3.63, 3.8) is 0 Å². The lowest BCUT2D eigenvalue weighted by molar-refractivity contribution is 0.508. The largest absolute Gasteiger partial charge is 0.309 e. The molecule has 0 aliphatic rings. The van der Waals surface area contributed by atoms with Gasteiger partial charge in [0.25, 0.3) is 0 Å². The maximum absolute atomic E-state index is 4.44. The minimum atomic E-state index is 0.577. The summed E-state index contributed by atoms with van der Waals surface area (Å²) in [6.45, 7) is 8.30. The molecule has 1 aromatic rings. The van der Waals surface area contributed by atoms with Gasteiger partial charge in [-0.3, -0.25) is 4.68 Å². The molecular weight excluding hydrogens is 218 g/mol. The number of aryl methyl sites for hydroxylation is 2. The first kappa shape index (κ1) is 13.6. The molecule has 0 bridgehead atoms. The number of hydrogen-bond acceptors (Lipinski definition) is 3. The molecule has 4 heteroatoms. The van der Waals surface area contributed by atoms with Crippen molar-refractivity contribution >= 4 is 11.8 Å². The van der Waals surface area contributed by atoms with Gasteiger partial charge in [-0.15, -0.1) is 0 Å². The van der Waals surface area contributed by atoms with E-state index in [9.17, 15) is 0 Å². The SMILES string of the molecule is CCn1nc(C)cc1CNC(C)CCSC. The van der Waals surface area contributed by atoms with Crippen molar-refractivity contribution in [2.24, 2.45) is 0 Å². The number of nitrogens with one attached hydrogen (secondary N) is 1. The summed E-state index contributed by atoms with van der Waals surface area (Å²) in [5.41, 5.74) is 2.39. The van der Waals surface area contributed by atoms with Gasteiger partial charge >= 0.3 is 0 Å². The fourth-order valence-corrected chi connectivity index (χ4v) is 2.28. The van der Waals surface area contributed by atoms with E-state index < -0.39 is 0 Å². The monoisotopic (exact) mass is 241 g/mol. The van der Waals surface area contributed by atoms with Gasteiger partial charge in [0, 0.05) is 19.1 Å². The summed E-state index contributed by atoms with van der Waals surface area (Å²) in [6.07, 6.45) is 3.38. The molecule has 1 rings (SSSR count). The summed E-state index contributed by atoms with van der Waals surface area (Å²) < 4.78 is 2.07. The molecule has 0 aliphatic heterocycles. The van der Waals surface area contributed by atoms with Crippen LogP contribution in [0.1, 0.15) is 31.7 Å². The standard InChI is InChI=1S/C12H23N3S/c1-5-15-12(8-11(3)14-15)9-13-10(2)6-7-16-4/h8,10,13H,5-7,9H2,1-4H3. The third kappa shape index (κ3) is 4.18. The summed E-state index contributed by atoms with van der Waals surface area (Å²) in [5, 5.41) is 7.99. The van der Waals surface area contributed by atoms with Gasteiger partial charge in [-0.1, -0.05) is 0 Å². The lowest BCUT2D eigenvalue weighted by atomic mass is 10.2. The van der Waals surface area contributed by atoms with Crippen LogP contribution in [0.4, 0.5) is 0 Å². The minimum Gasteiger partial charge on any atom is -0.309 e. The van der Waals surface area contributed by atoms with Crippen molar-refractivity contribution in [3.8, 4) is 0 Å². The van der Waals surface area contributed by atoms with E-state index in [4.69, 9.17) is 0 Å². The van der Waals surface area contributed by atoms with Gasteiger partial charge in [0.05, 0.1) is 11.4 Å². The van der Waals surface area contributed by atoms with Gasteiger partial charge in [0.2, 0.25) is 0 Å². The predicted octanol–water partition coefficient (Wildman–Crippen LogP) is 2.44. The van der Waals surface area contributed by atoms with Crippen LogP contribution in [0.2, 0.25) is 0 Å². The number of rotatable bonds is 7. The molecule has 1 N–H and O–H groups in total. The molecule has 0 aliphatic carbocycles. The highest BCUT2D eigenvalue weighted by molar-refractivity contribution is 7.98. The van der Waals surface area contributed by atoms with Gasteiger partial charge in [-0.2, -0.15) is 16.9 Å². The Bertz CT molecular complexity index is 309. The summed E-state index contributed by atoms with van der Waals surface area (Å²) in [4.78, 5) is 0. The number of hydrogen-bond donors (Lipinski definition) is 1. The zero-order valence-corrected chi connectivity index (χ0v) is 11.6. The quantitative estimate of drug-likeness (QED) is 0.795. The summed E-state index contributed by atoms with van der Waals surface area (Å²) >= 11 is 1.91. The smallest absolute Gasteiger partial charge is 0.0597 e. The van der Waals surface area contributed by atoms with E-state index in [0.717, 1.165) is 18.8 Å². The van der Waals surface area contributed by atoms with Crippen molar-refractivity contribution in [3.05, 3.63) is 17.5 Å². The Morgan fingerprint density at radius 2 is 2.31 bits per heavy atom. The first-order valence-electron chi connectivity index (χ1n) is 5.93. The maximum Gasteiger partial charge on any atom is 0.0597 e. The zero-order chi connectivity index (χ0) is 12.0. The van der Waals surface area contributed by atoms with Crippen LogP contribution in [0.25, 0.3) is 0 Å². The van der Waals surface area contributed by atoms with Crippen LogP contribution >= 0.6 is 11.8 Å². The molecule has 0 fully saturated rings. The van der Waals surface area contributed by atoms with Crippen LogP contribution in [0.3, 0.4) is 0 Å².